The maximum atomic E-state index is 13.3. The van der Waals surface area contributed by atoms with Gasteiger partial charge in [0.05, 0.1) is 65.7 Å². The first-order valence-corrected chi connectivity index (χ1v) is 37.0. The Morgan fingerprint density at radius 3 is 1.97 bits per heavy atom. The van der Waals surface area contributed by atoms with Crippen molar-refractivity contribution >= 4 is 60.6 Å². The number of hydrogen-bond donors (Lipinski definition) is 4. The van der Waals surface area contributed by atoms with E-state index in [1.807, 2.05) is 26.0 Å². The molecule has 20 nitrogen and oxygen atoms in total. The molecule has 0 unspecified atom stereocenters. The molecule has 500 valence electrons. The predicted molar refractivity (Wildman–Crippen MR) is 357 cm³/mol. The number of amides is 2. The lowest BCUT2D eigenvalue weighted by atomic mass is 10.0. The summed E-state index contributed by atoms with van der Waals surface area (Å²) in [6.45, 7) is 25.1. The number of ketones is 1. The smallest absolute Gasteiger partial charge is 0.314 e. The molecule has 10 rings (SSSR count). The molecule has 4 saturated heterocycles. The Morgan fingerprint density at radius 2 is 1.30 bits per heavy atom. The van der Waals surface area contributed by atoms with Crippen molar-refractivity contribution in [1.82, 2.24) is 40.3 Å². The minimum absolute atomic E-state index is 0.0733. The summed E-state index contributed by atoms with van der Waals surface area (Å²) in [5.74, 6) is 1.76. The summed E-state index contributed by atoms with van der Waals surface area (Å²) in [6.07, 6.45) is 10.7. The van der Waals surface area contributed by atoms with Gasteiger partial charge in [0, 0.05) is 101 Å². The maximum Gasteiger partial charge on any atom is 0.314 e. The van der Waals surface area contributed by atoms with Crippen molar-refractivity contribution in [3.8, 4) is 17.6 Å². The Bertz CT molecular complexity index is 3400. The SMILES string of the molecule is CCOCCN1CC[C@@H](CS(=O)(=O)c2ccc(O[C@H]3c4cc(Cl)cc(C#N)c4C[C@@H]3N3CCNCC3)cc2)C1.[C-]#[N+]c1cc(Cl)cc2c1C[C@H](N1CCCCC1)[C@H]2Oc1ccc(S(=O)(=O)N[C@@H]2CCN(CCOCCNC(=O)NCCCCCC(=O)CCC)C2)cc1. The third-order valence-electron chi connectivity index (χ3n) is 18.4. The van der Waals surface area contributed by atoms with Gasteiger partial charge in [0.25, 0.3) is 0 Å². The Morgan fingerprint density at radius 1 is 0.696 bits per heavy atom. The second kappa shape index (κ2) is 34.8. The van der Waals surface area contributed by atoms with Crippen LogP contribution in [-0.2, 0) is 47.0 Å². The standard InChI is InChI=1S/C39H55ClN6O6S.C29H37ClN4O4S/c1-3-10-31(47)11-6-4-7-17-42-39(48)43-18-23-51-24-22-45-21-16-30(28-45)44-53(49,50)33-14-12-32(13-15-33)52-38-35-25-29(40)26-36(41-2)34(35)27-37(38)46-19-8-5-9-20-46;1-2-37-14-13-33-10-7-21(19-33)20-39(35,36)25-5-3-24(4-6-25)38-29-27-16-23(30)15-22(18-31)26(27)17-28(29)34-11-8-32-9-12-34/h12-15,25-26,30,37-38,44H,3-11,16-24,27-28H2,1H3,(H2,42,43,48);3-6,15-16,21,28-29,32H,2,7-14,17,19-20H2,1H3/t30-,37+,38+;21-,28+,29+/m11/s1. The van der Waals surface area contributed by atoms with Crippen LogP contribution in [0.5, 0.6) is 11.5 Å². The highest BCUT2D eigenvalue weighted by Crippen LogP contribution is 2.45. The van der Waals surface area contributed by atoms with Crippen LogP contribution in [0.1, 0.15) is 125 Å². The molecule has 4 fully saturated rings. The Labute approximate surface area is 555 Å². The van der Waals surface area contributed by atoms with E-state index in [0.717, 1.165) is 145 Å². The average Bonchev–Trinajstić information content (AvgIpc) is 1.71. The van der Waals surface area contributed by atoms with Gasteiger partial charge in [-0.3, -0.25) is 19.5 Å². The molecule has 4 aromatic carbocycles. The van der Waals surface area contributed by atoms with Gasteiger partial charge in [0.1, 0.15) is 29.5 Å². The zero-order valence-electron chi connectivity index (χ0n) is 53.4. The summed E-state index contributed by atoms with van der Waals surface area (Å²) in [5, 5.41) is 19.8. The van der Waals surface area contributed by atoms with E-state index in [1.54, 1.807) is 60.7 Å². The number of fused-ring (bicyclic) bond motifs is 2. The van der Waals surface area contributed by atoms with E-state index in [2.05, 4.69) is 51.2 Å². The second-order valence-electron chi connectivity index (χ2n) is 24.9. The number of unbranched alkanes of at least 4 members (excludes halogenated alkanes) is 2. The van der Waals surface area contributed by atoms with Crippen molar-refractivity contribution in [2.45, 2.75) is 137 Å². The Kier molecular flexibility index (Phi) is 26.8. The number of carbonyl (C=O) groups excluding carboxylic acids is 2. The van der Waals surface area contributed by atoms with Gasteiger partial charge in [-0.1, -0.05) is 43.0 Å². The molecule has 2 amide bonds. The quantitative estimate of drug-likeness (QED) is 0.0282. The molecule has 0 radical (unpaired) electrons. The summed E-state index contributed by atoms with van der Waals surface area (Å²) in [6, 6.07) is 22.7. The van der Waals surface area contributed by atoms with Crippen LogP contribution in [0.4, 0.5) is 10.5 Å². The number of sulfonamides is 1. The van der Waals surface area contributed by atoms with E-state index in [0.29, 0.717) is 115 Å². The molecular weight excluding hydrogens is 1250 g/mol. The molecule has 4 aliphatic heterocycles. The number of urea groups is 1. The number of Topliss-reactive ketones (excluding diaryl/α,β-unsaturated/α-hetero) is 1. The number of piperidine rings is 1. The number of likely N-dealkylation sites (tertiary alicyclic amines) is 3. The zero-order chi connectivity index (χ0) is 65.0. The number of benzene rings is 4. The lowest BCUT2D eigenvalue weighted by Gasteiger charge is -2.36. The molecule has 4 N–H and O–H groups in total. The van der Waals surface area contributed by atoms with Crippen molar-refractivity contribution in [2.24, 2.45) is 5.92 Å². The highest BCUT2D eigenvalue weighted by molar-refractivity contribution is 7.91. The van der Waals surface area contributed by atoms with Crippen LogP contribution in [-0.4, -0.2) is 190 Å². The zero-order valence-corrected chi connectivity index (χ0v) is 56.5. The lowest BCUT2D eigenvalue weighted by molar-refractivity contribution is -0.119. The van der Waals surface area contributed by atoms with Crippen molar-refractivity contribution in [3.05, 3.63) is 122 Å². The number of carbonyl (C=O) groups is 2. The topological polar surface area (TPSA) is 229 Å². The third-order valence-corrected chi connectivity index (χ3v) is 22.3. The summed E-state index contributed by atoms with van der Waals surface area (Å²) in [5.41, 5.74) is 5.00. The molecule has 6 aliphatic rings. The van der Waals surface area contributed by atoms with Gasteiger partial charge in [0.15, 0.2) is 15.5 Å². The fourth-order valence-electron chi connectivity index (χ4n) is 13.7. The van der Waals surface area contributed by atoms with Crippen LogP contribution in [0.3, 0.4) is 0 Å². The number of ether oxygens (including phenoxy) is 4. The molecule has 92 heavy (non-hydrogen) atoms. The highest BCUT2D eigenvalue weighted by atomic mass is 35.5. The van der Waals surface area contributed by atoms with Gasteiger partial charge < -0.3 is 39.8 Å². The van der Waals surface area contributed by atoms with Gasteiger partial charge >= 0.3 is 6.03 Å². The number of sulfone groups is 1. The van der Waals surface area contributed by atoms with Crippen LogP contribution >= 0.6 is 23.2 Å². The van der Waals surface area contributed by atoms with E-state index in [1.165, 1.54) is 6.42 Å². The number of nitrogens with zero attached hydrogens (tertiary/aromatic N) is 6. The number of rotatable bonds is 30. The van der Waals surface area contributed by atoms with Gasteiger partial charge in [-0.2, -0.15) is 5.26 Å². The van der Waals surface area contributed by atoms with Gasteiger partial charge in [0.2, 0.25) is 10.0 Å². The number of nitriles is 1. The molecule has 2 aliphatic carbocycles. The summed E-state index contributed by atoms with van der Waals surface area (Å²) in [7, 11) is -7.15. The van der Waals surface area contributed by atoms with Crippen molar-refractivity contribution in [2.75, 3.05) is 124 Å². The predicted octanol–water partition coefficient (Wildman–Crippen LogP) is 9.31. The Hall–Kier alpha value is -5.44. The monoisotopic (exact) mass is 1340 g/mol. The van der Waals surface area contributed by atoms with Gasteiger partial charge in [-0.25, -0.2) is 31.2 Å². The molecular formula is C68H92Cl2N10O10S2. The summed E-state index contributed by atoms with van der Waals surface area (Å²) < 4.78 is 80.2. The minimum atomic E-state index is -3.74. The summed E-state index contributed by atoms with van der Waals surface area (Å²) >= 11 is 12.8. The Balaban J connectivity index is 0.000000227. The third kappa shape index (κ3) is 19.8. The molecule has 0 saturated carbocycles. The van der Waals surface area contributed by atoms with Crippen LogP contribution in [0.15, 0.2) is 82.6 Å². The molecule has 0 spiro atoms. The largest absolute Gasteiger partial charge is 0.484 e. The fraction of sp³-hybridized carbons (Fsp3) is 0.588. The van der Waals surface area contributed by atoms with Crippen molar-refractivity contribution < 1.29 is 45.4 Å². The normalized spacial score (nSPS) is 22.0. The van der Waals surface area contributed by atoms with Gasteiger partial charge in [-0.05, 0) is 192 Å². The first kappa shape index (κ1) is 70.9. The molecule has 4 heterocycles. The molecule has 0 aromatic heterocycles. The molecule has 6 atom stereocenters. The van der Waals surface area contributed by atoms with Crippen molar-refractivity contribution in [1.29, 1.82) is 5.26 Å². The lowest BCUT2D eigenvalue weighted by Crippen LogP contribution is -2.50. The summed E-state index contributed by atoms with van der Waals surface area (Å²) in [4.78, 5) is 37.1. The number of nitrogens with one attached hydrogen (secondary N) is 4. The van der Waals surface area contributed by atoms with Crippen LogP contribution in [0.25, 0.3) is 4.85 Å². The highest BCUT2D eigenvalue weighted by Gasteiger charge is 2.42. The van der Waals surface area contributed by atoms with E-state index < -0.39 is 19.9 Å². The van der Waals surface area contributed by atoms with E-state index in [4.69, 9.17) is 48.7 Å². The molecule has 4 aromatic rings. The first-order valence-electron chi connectivity index (χ1n) is 33.1. The average molecular weight is 1340 g/mol. The second-order valence-corrected chi connectivity index (χ2v) is 29.5. The van der Waals surface area contributed by atoms with E-state index >= 15 is 0 Å². The molecule has 0 bridgehead atoms. The van der Waals surface area contributed by atoms with Crippen LogP contribution in [0, 0.1) is 23.8 Å². The minimum Gasteiger partial charge on any atom is -0.484 e. The fourth-order valence-corrected chi connectivity index (χ4v) is 17.0. The van der Waals surface area contributed by atoms with Crippen LogP contribution < -0.4 is 30.1 Å². The number of halogens is 2. The number of hydrogen-bond acceptors (Lipinski definition) is 16. The van der Waals surface area contributed by atoms with E-state index in [-0.39, 0.29) is 52.9 Å². The van der Waals surface area contributed by atoms with Crippen molar-refractivity contribution in [3.63, 3.8) is 0 Å². The number of piperazine rings is 1. The maximum absolute atomic E-state index is 13.3. The molecule has 24 heteroatoms. The first-order chi connectivity index (χ1) is 44.5. The van der Waals surface area contributed by atoms with E-state index in [9.17, 15) is 31.7 Å². The van der Waals surface area contributed by atoms with Crippen LogP contribution in [0.2, 0.25) is 10.0 Å². The van der Waals surface area contributed by atoms with Gasteiger partial charge in [-0.15, -0.1) is 0 Å².